The first-order valence-electron chi connectivity index (χ1n) is 9.56. The Hall–Kier alpha value is -3.17. The van der Waals surface area contributed by atoms with E-state index in [1.54, 1.807) is 17.4 Å². The molecule has 0 radical (unpaired) electrons. The van der Waals surface area contributed by atoms with Crippen LogP contribution in [0, 0.1) is 0 Å². The highest BCUT2D eigenvalue weighted by molar-refractivity contribution is 7.17. The van der Waals surface area contributed by atoms with Crippen molar-refractivity contribution in [3.8, 4) is 16.9 Å². The molecular weight excluding hydrogens is 425 g/mol. The standard InChI is InChI=1S/C22H19F3N4OS/c23-22(24,25)30-17-8-4-5-15(11-17)12-26-9-10-27-20-19-18(16-6-2-1-3-7-16)13-31-21(19)29-14-28-20/h1-8,11,13-14,26H,9-10,12H2,(H,27,28,29). The van der Waals surface area contributed by atoms with Gasteiger partial charge in [-0.2, -0.15) is 0 Å². The summed E-state index contributed by atoms with van der Waals surface area (Å²) < 4.78 is 41.0. The number of halogens is 3. The van der Waals surface area contributed by atoms with E-state index in [-0.39, 0.29) is 5.75 Å². The number of aromatic nitrogens is 2. The molecule has 0 amide bonds. The van der Waals surface area contributed by atoms with Gasteiger partial charge in [0.15, 0.2) is 0 Å². The SMILES string of the molecule is FC(F)(F)Oc1cccc(CNCCNc2ncnc3scc(-c4ccccc4)c23)c1. The summed E-state index contributed by atoms with van der Waals surface area (Å²) in [5, 5.41) is 9.60. The van der Waals surface area contributed by atoms with Crippen molar-refractivity contribution in [2.24, 2.45) is 0 Å². The lowest BCUT2D eigenvalue weighted by Crippen LogP contribution is -2.22. The molecule has 0 aliphatic carbocycles. The molecule has 0 unspecified atom stereocenters. The zero-order chi connectivity index (χ0) is 21.7. The summed E-state index contributed by atoms with van der Waals surface area (Å²) in [6, 6.07) is 16.0. The van der Waals surface area contributed by atoms with E-state index in [1.165, 1.54) is 24.5 Å². The van der Waals surface area contributed by atoms with Gasteiger partial charge < -0.3 is 15.4 Å². The first kappa shape index (κ1) is 21.1. The second kappa shape index (κ2) is 9.32. The maximum Gasteiger partial charge on any atom is 0.573 e. The largest absolute Gasteiger partial charge is 0.573 e. The second-order valence-electron chi connectivity index (χ2n) is 6.72. The minimum absolute atomic E-state index is 0.223. The fourth-order valence-electron chi connectivity index (χ4n) is 3.19. The molecule has 0 aliphatic heterocycles. The molecule has 4 aromatic rings. The fourth-order valence-corrected chi connectivity index (χ4v) is 4.11. The number of hydrogen-bond acceptors (Lipinski definition) is 6. The van der Waals surface area contributed by atoms with Crippen LogP contribution < -0.4 is 15.4 Å². The van der Waals surface area contributed by atoms with Gasteiger partial charge in [0.1, 0.15) is 22.7 Å². The predicted molar refractivity (Wildman–Crippen MR) is 116 cm³/mol. The maximum absolute atomic E-state index is 12.4. The first-order valence-corrected chi connectivity index (χ1v) is 10.4. The monoisotopic (exact) mass is 444 g/mol. The molecule has 0 saturated heterocycles. The zero-order valence-electron chi connectivity index (χ0n) is 16.3. The Balaban J connectivity index is 1.36. The van der Waals surface area contributed by atoms with Gasteiger partial charge in [0, 0.05) is 30.6 Å². The van der Waals surface area contributed by atoms with E-state index in [2.05, 4.69) is 42.9 Å². The fraction of sp³-hybridized carbons (Fsp3) is 0.182. The van der Waals surface area contributed by atoms with Crippen LogP contribution in [0.25, 0.3) is 21.3 Å². The van der Waals surface area contributed by atoms with Crippen LogP contribution in [0.4, 0.5) is 19.0 Å². The highest BCUT2D eigenvalue weighted by atomic mass is 32.1. The normalized spacial score (nSPS) is 11.6. The van der Waals surface area contributed by atoms with Crippen LogP contribution in [0.15, 0.2) is 66.3 Å². The summed E-state index contributed by atoms with van der Waals surface area (Å²) in [4.78, 5) is 9.67. The maximum atomic E-state index is 12.4. The van der Waals surface area contributed by atoms with Gasteiger partial charge in [-0.1, -0.05) is 42.5 Å². The van der Waals surface area contributed by atoms with E-state index in [9.17, 15) is 13.2 Å². The van der Waals surface area contributed by atoms with Crippen LogP contribution in [0.3, 0.4) is 0 Å². The molecule has 2 N–H and O–H groups in total. The van der Waals surface area contributed by atoms with Crippen molar-refractivity contribution in [3.05, 3.63) is 71.9 Å². The molecule has 0 aliphatic rings. The highest BCUT2D eigenvalue weighted by Gasteiger charge is 2.31. The lowest BCUT2D eigenvalue weighted by Gasteiger charge is -2.11. The number of thiophene rings is 1. The van der Waals surface area contributed by atoms with Gasteiger partial charge >= 0.3 is 6.36 Å². The zero-order valence-corrected chi connectivity index (χ0v) is 17.1. The topological polar surface area (TPSA) is 59.1 Å². The van der Waals surface area contributed by atoms with Gasteiger partial charge in [-0.3, -0.25) is 0 Å². The number of rotatable bonds is 8. The number of benzene rings is 2. The smallest absolute Gasteiger partial charge is 0.406 e. The summed E-state index contributed by atoms with van der Waals surface area (Å²) in [6.07, 6.45) is -3.16. The molecule has 0 saturated carbocycles. The van der Waals surface area contributed by atoms with Gasteiger partial charge in [-0.25, -0.2) is 9.97 Å². The Bertz CT molecular complexity index is 1150. The molecule has 9 heteroatoms. The first-order chi connectivity index (χ1) is 15.0. The third-order valence-corrected chi connectivity index (χ3v) is 5.40. The molecule has 2 heterocycles. The van der Waals surface area contributed by atoms with Crippen molar-refractivity contribution in [1.82, 2.24) is 15.3 Å². The van der Waals surface area contributed by atoms with E-state index < -0.39 is 6.36 Å². The second-order valence-corrected chi connectivity index (χ2v) is 7.57. The van der Waals surface area contributed by atoms with Gasteiger partial charge in [0.05, 0.1) is 5.39 Å². The molecular formula is C22H19F3N4OS. The molecule has 160 valence electrons. The number of fused-ring (bicyclic) bond motifs is 1. The van der Waals surface area contributed by atoms with Gasteiger partial charge in [-0.05, 0) is 23.3 Å². The van der Waals surface area contributed by atoms with Crippen LogP contribution in [-0.4, -0.2) is 29.4 Å². The number of nitrogens with one attached hydrogen (secondary N) is 2. The summed E-state index contributed by atoms with van der Waals surface area (Å²) in [5.74, 6) is 0.534. The average Bonchev–Trinajstić information content (AvgIpc) is 3.18. The van der Waals surface area contributed by atoms with Crippen molar-refractivity contribution in [2.45, 2.75) is 12.9 Å². The summed E-state index contributed by atoms with van der Waals surface area (Å²) in [7, 11) is 0. The summed E-state index contributed by atoms with van der Waals surface area (Å²) in [6.45, 7) is 1.61. The molecule has 4 rings (SSSR count). The van der Waals surface area contributed by atoms with E-state index in [0.717, 1.165) is 27.2 Å². The van der Waals surface area contributed by atoms with Gasteiger partial charge in [0.2, 0.25) is 0 Å². The van der Waals surface area contributed by atoms with E-state index >= 15 is 0 Å². The van der Waals surface area contributed by atoms with Crippen molar-refractivity contribution < 1.29 is 17.9 Å². The third-order valence-electron chi connectivity index (χ3n) is 4.51. The minimum atomic E-state index is -4.70. The minimum Gasteiger partial charge on any atom is -0.406 e. The van der Waals surface area contributed by atoms with Crippen LogP contribution in [0.5, 0.6) is 5.75 Å². The molecule has 2 aromatic carbocycles. The Kier molecular flexibility index (Phi) is 6.34. The Morgan fingerprint density at radius 3 is 2.61 bits per heavy atom. The van der Waals surface area contributed by atoms with Gasteiger partial charge in [0.25, 0.3) is 0 Å². The molecule has 0 spiro atoms. The molecule has 0 atom stereocenters. The molecule has 0 bridgehead atoms. The van der Waals surface area contributed by atoms with Gasteiger partial charge in [-0.15, -0.1) is 24.5 Å². The average molecular weight is 444 g/mol. The Morgan fingerprint density at radius 1 is 0.968 bits per heavy atom. The number of nitrogens with zero attached hydrogens (tertiary/aromatic N) is 2. The van der Waals surface area contributed by atoms with Crippen molar-refractivity contribution >= 4 is 27.4 Å². The molecule has 31 heavy (non-hydrogen) atoms. The lowest BCUT2D eigenvalue weighted by atomic mass is 10.1. The van der Waals surface area contributed by atoms with E-state index in [0.29, 0.717) is 25.2 Å². The number of anilines is 1. The Labute approximate surface area is 180 Å². The van der Waals surface area contributed by atoms with E-state index in [1.807, 2.05) is 18.2 Å². The number of ether oxygens (including phenoxy) is 1. The Morgan fingerprint density at radius 2 is 1.81 bits per heavy atom. The molecule has 5 nitrogen and oxygen atoms in total. The highest BCUT2D eigenvalue weighted by Crippen LogP contribution is 2.36. The third kappa shape index (κ3) is 5.50. The van der Waals surface area contributed by atoms with E-state index in [4.69, 9.17) is 0 Å². The number of hydrogen-bond donors (Lipinski definition) is 2. The van der Waals surface area contributed by atoms with Crippen LogP contribution in [0.2, 0.25) is 0 Å². The van der Waals surface area contributed by atoms with Crippen molar-refractivity contribution in [2.75, 3.05) is 18.4 Å². The van der Waals surface area contributed by atoms with Crippen molar-refractivity contribution in [3.63, 3.8) is 0 Å². The summed E-state index contributed by atoms with van der Waals surface area (Å²) >= 11 is 1.57. The quantitative estimate of drug-likeness (QED) is 0.354. The van der Waals surface area contributed by atoms with Crippen LogP contribution in [0.1, 0.15) is 5.56 Å². The van der Waals surface area contributed by atoms with Crippen LogP contribution in [-0.2, 0) is 6.54 Å². The molecule has 2 aromatic heterocycles. The summed E-state index contributed by atoms with van der Waals surface area (Å²) in [5.41, 5.74) is 2.89. The predicted octanol–water partition coefficient (Wildman–Crippen LogP) is 5.46. The van der Waals surface area contributed by atoms with Crippen molar-refractivity contribution in [1.29, 1.82) is 0 Å². The van der Waals surface area contributed by atoms with Crippen LogP contribution >= 0.6 is 11.3 Å². The molecule has 0 fully saturated rings. The lowest BCUT2D eigenvalue weighted by molar-refractivity contribution is -0.274. The number of alkyl halides is 3.